The summed E-state index contributed by atoms with van der Waals surface area (Å²) in [5, 5.41) is 0. The number of nitrogens with zero attached hydrogens (tertiary/aromatic N) is 4. The molecule has 0 aliphatic carbocycles. The van der Waals surface area contributed by atoms with Crippen molar-refractivity contribution in [3.8, 4) is 0 Å². The Kier molecular flexibility index (Phi) is 5.43. The van der Waals surface area contributed by atoms with Crippen molar-refractivity contribution < 1.29 is 4.79 Å². The molecule has 0 radical (unpaired) electrons. The summed E-state index contributed by atoms with van der Waals surface area (Å²) in [6.45, 7) is 5.16. The summed E-state index contributed by atoms with van der Waals surface area (Å²) in [4.78, 5) is 25.6. The Morgan fingerprint density at radius 2 is 2.04 bits per heavy atom. The van der Waals surface area contributed by atoms with Gasteiger partial charge in [0, 0.05) is 31.0 Å². The molecule has 5 nitrogen and oxygen atoms in total. The molecule has 2 heterocycles. The first-order valence-electron chi connectivity index (χ1n) is 8.90. The Balaban J connectivity index is 1.87. The number of carbonyl (C=O) groups excluding carboxylic acids is 1. The third-order valence-corrected chi connectivity index (χ3v) is 5.18. The molecule has 1 aliphatic rings. The molecular weight excluding hydrogens is 312 g/mol. The number of carbonyl (C=O) groups is 1. The number of likely N-dealkylation sites (tertiary alicyclic amines) is 1. The van der Waals surface area contributed by atoms with Gasteiger partial charge in [0.05, 0.1) is 12.2 Å². The van der Waals surface area contributed by atoms with E-state index >= 15 is 0 Å². The van der Waals surface area contributed by atoms with E-state index in [-0.39, 0.29) is 11.9 Å². The predicted octanol–water partition coefficient (Wildman–Crippen LogP) is 2.64. The first kappa shape index (κ1) is 17.5. The summed E-state index contributed by atoms with van der Waals surface area (Å²) in [6.07, 6.45) is 6.57. The van der Waals surface area contributed by atoms with Gasteiger partial charge in [-0.25, -0.2) is 4.98 Å². The molecule has 5 heteroatoms. The Morgan fingerprint density at radius 3 is 2.68 bits per heavy atom. The minimum absolute atomic E-state index is 0.0197. The fourth-order valence-electron chi connectivity index (χ4n) is 3.61. The van der Waals surface area contributed by atoms with Crippen LogP contribution >= 0.6 is 0 Å². The van der Waals surface area contributed by atoms with Crippen LogP contribution in [0.5, 0.6) is 0 Å². The van der Waals surface area contributed by atoms with Crippen molar-refractivity contribution in [1.82, 2.24) is 19.8 Å². The van der Waals surface area contributed by atoms with E-state index in [9.17, 15) is 4.79 Å². The lowest BCUT2D eigenvalue weighted by molar-refractivity contribution is 0.0673. The van der Waals surface area contributed by atoms with Gasteiger partial charge >= 0.3 is 0 Å². The first-order valence-corrected chi connectivity index (χ1v) is 8.90. The number of aromatic nitrogens is 2. The highest BCUT2D eigenvalue weighted by atomic mass is 16.2. The highest BCUT2D eigenvalue weighted by molar-refractivity contribution is 5.92. The highest BCUT2D eigenvalue weighted by Crippen LogP contribution is 2.27. The van der Waals surface area contributed by atoms with Gasteiger partial charge in [-0.05, 0) is 39.3 Å². The Morgan fingerprint density at radius 1 is 1.28 bits per heavy atom. The fourth-order valence-corrected chi connectivity index (χ4v) is 3.61. The van der Waals surface area contributed by atoms with Gasteiger partial charge in [-0.3, -0.25) is 14.7 Å². The van der Waals surface area contributed by atoms with Crippen LogP contribution in [0, 0.1) is 0 Å². The maximum Gasteiger partial charge on any atom is 0.274 e. The van der Waals surface area contributed by atoms with Crippen LogP contribution < -0.4 is 0 Å². The lowest BCUT2D eigenvalue weighted by Gasteiger charge is -2.35. The molecule has 1 aromatic carbocycles. The van der Waals surface area contributed by atoms with E-state index in [1.54, 1.807) is 18.6 Å². The van der Waals surface area contributed by atoms with Gasteiger partial charge in [0.2, 0.25) is 0 Å². The SMILES string of the molecule is CC(C)N(C)[C@@H]1CCN(C(=O)c2cnccn2)[C@H]1Cc1ccccc1. The Labute approximate surface area is 149 Å². The smallest absolute Gasteiger partial charge is 0.274 e. The van der Waals surface area contributed by atoms with Crippen LogP contribution in [0.1, 0.15) is 36.3 Å². The minimum Gasteiger partial charge on any atom is -0.332 e. The molecule has 0 saturated carbocycles. The highest BCUT2D eigenvalue weighted by Gasteiger charge is 2.40. The van der Waals surface area contributed by atoms with Crippen LogP contribution in [0.3, 0.4) is 0 Å². The second kappa shape index (κ2) is 7.74. The van der Waals surface area contributed by atoms with Crippen molar-refractivity contribution in [2.45, 2.75) is 44.8 Å². The van der Waals surface area contributed by atoms with E-state index in [4.69, 9.17) is 0 Å². The summed E-state index contributed by atoms with van der Waals surface area (Å²) < 4.78 is 0. The van der Waals surface area contributed by atoms with Crippen LogP contribution in [0.25, 0.3) is 0 Å². The molecule has 2 aromatic rings. The molecule has 0 N–H and O–H groups in total. The fraction of sp³-hybridized carbons (Fsp3) is 0.450. The summed E-state index contributed by atoms with van der Waals surface area (Å²) in [6, 6.07) is 11.3. The maximum atomic E-state index is 13.0. The molecule has 1 amide bonds. The van der Waals surface area contributed by atoms with E-state index in [1.807, 2.05) is 11.0 Å². The van der Waals surface area contributed by atoms with E-state index < -0.39 is 0 Å². The average molecular weight is 338 g/mol. The molecular formula is C20H26N4O. The molecule has 0 unspecified atom stereocenters. The summed E-state index contributed by atoms with van der Waals surface area (Å²) in [5.74, 6) is -0.0197. The van der Waals surface area contributed by atoms with Gasteiger partial charge in [0.15, 0.2) is 0 Å². The van der Waals surface area contributed by atoms with Crippen molar-refractivity contribution in [1.29, 1.82) is 0 Å². The van der Waals surface area contributed by atoms with E-state index in [0.29, 0.717) is 17.8 Å². The van der Waals surface area contributed by atoms with E-state index in [1.165, 1.54) is 5.56 Å². The third-order valence-electron chi connectivity index (χ3n) is 5.18. The first-order chi connectivity index (χ1) is 12.1. The second-order valence-corrected chi connectivity index (χ2v) is 6.96. The lowest BCUT2D eigenvalue weighted by atomic mass is 9.98. The number of amides is 1. The van der Waals surface area contributed by atoms with Crippen molar-refractivity contribution >= 4 is 5.91 Å². The van der Waals surface area contributed by atoms with Crippen molar-refractivity contribution in [3.05, 3.63) is 60.2 Å². The van der Waals surface area contributed by atoms with Gasteiger partial charge in [0.1, 0.15) is 5.69 Å². The molecule has 1 aromatic heterocycles. The molecule has 1 aliphatic heterocycles. The monoisotopic (exact) mass is 338 g/mol. The second-order valence-electron chi connectivity index (χ2n) is 6.96. The molecule has 1 saturated heterocycles. The summed E-state index contributed by atoms with van der Waals surface area (Å²) in [7, 11) is 2.16. The zero-order chi connectivity index (χ0) is 17.8. The minimum atomic E-state index is -0.0197. The van der Waals surface area contributed by atoms with Gasteiger partial charge in [-0.2, -0.15) is 0 Å². The topological polar surface area (TPSA) is 49.3 Å². The maximum absolute atomic E-state index is 13.0. The summed E-state index contributed by atoms with van der Waals surface area (Å²) >= 11 is 0. The number of hydrogen-bond donors (Lipinski definition) is 0. The van der Waals surface area contributed by atoms with Crippen LogP contribution in [0.4, 0.5) is 0 Å². The van der Waals surface area contributed by atoms with Gasteiger partial charge < -0.3 is 4.90 Å². The van der Waals surface area contributed by atoms with Crippen LogP contribution in [0.2, 0.25) is 0 Å². The molecule has 132 valence electrons. The van der Waals surface area contributed by atoms with Crippen molar-refractivity contribution in [2.75, 3.05) is 13.6 Å². The molecule has 2 atom stereocenters. The molecule has 3 rings (SSSR count). The number of hydrogen-bond acceptors (Lipinski definition) is 4. The normalized spacial score (nSPS) is 20.4. The Bertz CT molecular complexity index is 689. The molecule has 0 spiro atoms. The number of likely N-dealkylation sites (N-methyl/N-ethyl adjacent to an activating group) is 1. The van der Waals surface area contributed by atoms with Gasteiger partial charge in [0.25, 0.3) is 5.91 Å². The molecule has 1 fully saturated rings. The van der Waals surface area contributed by atoms with Gasteiger partial charge in [-0.15, -0.1) is 0 Å². The summed E-state index contributed by atoms with van der Waals surface area (Å²) in [5.41, 5.74) is 1.68. The standard InChI is InChI=1S/C20H26N4O/c1-15(2)23(3)18-9-12-24(20(25)17-14-21-10-11-22-17)19(18)13-16-7-5-4-6-8-16/h4-8,10-11,14-15,18-19H,9,12-13H2,1-3H3/t18-,19+/m1/s1. The van der Waals surface area contributed by atoms with E-state index in [2.05, 4.69) is 60.0 Å². The average Bonchev–Trinajstić information content (AvgIpc) is 3.05. The largest absolute Gasteiger partial charge is 0.332 e. The quantitative estimate of drug-likeness (QED) is 0.841. The van der Waals surface area contributed by atoms with Crippen molar-refractivity contribution in [2.24, 2.45) is 0 Å². The zero-order valence-corrected chi connectivity index (χ0v) is 15.2. The third kappa shape index (κ3) is 3.87. The van der Waals surface area contributed by atoms with Crippen LogP contribution in [-0.2, 0) is 6.42 Å². The molecule has 25 heavy (non-hydrogen) atoms. The van der Waals surface area contributed by atoms with E-state index in [0.717, 1.165) is 19.4 Å². The van der Waals surface area contributed by atoms with Crippen LogP contribution in [-0.4, -0.2) is 57.4 Å². The zero-order valence-electron chi connectivity index (χ0n) is 15.2. The Hall–Kier alpha value is -2.27. The van der Waals surface area contributed by atoms with Gasteiger partial charge in [-0.1, -0.05) is 30.3 Å². The van der Waals surface area contributed by atoms with Crippen LogP contribution in [0.15, 0.2) is 48.9 Å². The number of benzene rings is 1. The number of rotatable bonds is 5. The molecule has 0 bridgehead atoms. The van der Waals surface area contributed by atoms with Crippen molar-refractivity contribution in [3.63, 3.8) is 0 Å². The predicted molar refractivity (Wildman–Crippen MR) is 98.3 cm³/mol. The lowest BCUT2D eigenvalue weighted by Crippen LogP contribution is -2.48.